The van der Waals surface area contributed by atoms with E-state index in [1.54, 1.807) is 0 Å². The first-order valence-corrected chi connectivity index (χ1v) is 6.61. The average molecular weight is 262 g/mol. The Hall–Kier alpha value is -0.140. The molecule has 0 radical (unpaired) electrons. The summed E-state index contributed by atoms with van der Waals surface area (Å²) in [6.07, 6.45) is 0.830. The molecule has 0 aromatic carbocycles. The van der Waals surface area contributed by atoms with E-state index in [4.69, 9.17) is 9.26 Å². The maximum absolute atomic E-state index is 12.2. The third-order valence-corrected chi connectivity index (χ3v) is 3.59. The van der Waals surface area contributed by atoms with Crippen molar-refractivity contribution in [3.05, 3.63) is 0 Å². The van der Waals surface area contributed by atoms with Crippen LogP contribution in [0.3, 0.4) is 0 Å². The summed E-state index contributed by atoms with van der Waals surface area (Å²) in [4.78, 5) is 12.2. The van der Waals surface area contributed by atoms with Crippen LogP contribution in [-0.2, 0) is 14.1 Å². The molecule has 0 aromatic rings. The molecule has 4 heteroatoms. The zero-order valence-corrected chi connectivity index (χ0v) is 13.2. The number of ether oxygens (including phenoxy) is 1. The normalized spacial score (nSPS) is 15.8. The number of carbonyl (C=O) groups excluding carboxylic acids is 1. The van der Waals surface area contributed by atoms with Gasteiger partial charge in [0.15, 0.2) is 0 Å². The molecule has 0 amide bonds. The fourth-order valence-electron chi connectivity index (χ4n) is 1.85. The molecule has 0 fully saturated rings. The lowest BCUT2D eigenvalue weighted by Crippen LogP contribution is -2.43. The summed E-state index contributed by atoms with van der Waals surface area (Å²) in [6.45, 7) is 13.2. The highest BCUT2D eigenvalue weighted by Crippen LogP contribution is 2.44. The van der Waals surface area contributed by atoms with Crippen molar-refractivity contribution in [2.24, 2.45) is 16.7 Å². The number of hydrogen-bond acceptors (Lipinski definition) is 3. The zero-order valence-electron chi connectivity index (χ0n) is 12.0. The lowest BCUT2D eigenvalue weighted by Gasteiger charge is -2.40. The van der Waals surface area contributed by atoms with Crippen LogP contribution in [-0.4, -0.2) is 19.2 Å². The topological polar surface area (TPSA) is 35.5 Å². The molecule has 0 aromatic heterocycles. The molecule has 2 atom stereocenters. The molecule has 0 aliphatic rings. The quantitative estimate of drug-likeness (QED) is 0.418. The monoisotopic (exact) mass is 262 g/mol. The molecule has 0 heterocycles. The van der Waals surface area contributed by atoms with Gasteiger partial charge in [-0.2, -0.15) is 0 Å². The van der Waals surface area contributed by atoms with E-state index >= 15 is 0 Å². The Bertz CT molecular complexity index is 246. The zero-order chi connectivity index (χ0) is 13.7. The minimum absolute atomic E-state index is 0.115. The van der Waals surface area contributed by atoms with Crippen molar-refractivity contribution in [3.8, 4) is 0 Å². The van der Waals surface area contributed by atoms with E-state index in [9.17, 15) is 4.79 Å². The first kappa shape index (κ1) is 16.9. The Labute approximate surface area is 108 Å². The van der Waals surface area contributed by atoms with Gasteiger partial charge in [-0.3, -0.25) is 4.79 Å². The average Bonchev–Trinajstić information content (AvgIpc) is 2.15. The van der Waals surface area contributed by atoms with Gasteiger partial charge in [-0.15, -0.1) is 0 Å². The van der Waals surface area contributed by atoms with E-state index in [2.05, 4.69) is 44.1 Å². The lowest BCUT2D eigenvalue weighted by molar-refractivity contribution is -0.164. The van der Waals surface area contributed by atoms with E-state index in [1.807, 2.05) is 6.92 Å². The lowest BCUT2D eigenvalue weighted by atomic mass is 9.64. The van der Waals surface area contributed by atoms with Crippen molar-refractivity contribution in [2.75, 3.05) is 13.2 Å². The van der Waals surface area contributed by atoms with Gasteiger partial charge in [0.1, 0.15) is 6.61 Å². The van der Waals surface area contributed by atoms with Gasteiger partial charge < -0.3 is 9.26 Å². The number of carbonyl (C=O) groups is 1. The van der Waals surface area contributed by atoms with Gasteiger partial charge in [0.25, 0.3) is 0 Å². The van der Waals surface area contributed by atoms with Crippen LogP contribution in [0, 0.1) is 16.7 Å². The summed E-state index contributed by atoms with van der Waals surface area (Å²) in [5.74, 6) is 0.338. The van der Waals surface area contributed by atoms with Gasteiger partial charge in [-0.1, -0.05) is 34.6 Å². The van der Waals surface area contributed by atoms with Crippen molar-refractivity contribution in [1.29, 1.82) is 0 Å². The molecule has 102 valence electrons. The minimum atomic E-state index is -0.456. The SMILES string of the molecule is CC(C)CC(C)(C(=O)OCCOP)C(C)(C)C. The predicted molar refractivity (Wildman–Crippen MR) is 73.6 cm³/mol. The van der Waals surface area contributed by atoms with Gasteiger partial charge in [0, 0.05) is 9.47 Å². The first-order chi connectivity index (χ1) is 7.65. The second kappa shape index (κ2) is 6.70. The van der Waals surface area contributed by atoms with Crippen molar-refractivity contribution in [3.63, 3.8) is 0 Å². The standard InChI is InChI=1S/C13H27O3P/c1-10(2)9-13(6,12(3,4)5)11(14)15-7-8-16-17/h10H,7-9,17H2,1-6H3. The second-order valence-corrected chi connectivity index (χ2v) is 6.52. The molecule has 2 unspecified atom stereocenters. The van der Waals surface area contributed by atoms with Crippen LogP contribution in [0.2, 0.25) is 0 Å². The van der Waals surface area contributed by atoms with Crippen LogP contribution in [0.25, 0.3) is 0 Å². The Morgan fingerprint density at radius 1 is 1.18 bits per heavy atom. The molecule has 0 aliphatic heterocycles. The van der Waals surface area contributed by atoms with Crippen LogP contribution in [0.5, 0.6) is 0 Å². The van der Waals surface area contributed by atoms with Crippen molar-refractivity contribution < 1.29 is 14.1 Å². The molecule has 0 saturated heterocycles. The smallest absolute Gasteiger partial charge is 0.312 e. The molecule has 0 aliphatic carbocycles. The molecular weight excluding hydrogens is 235 g/mol. The molecular formula is C13H27O3P. The summed E-state index contributed by atoms with van der Waals surface area (Å²) in [7, 11) is 2.15. The van der Waals surface area contributed by atoms with Crippen LogP contribution in [0.1, 0.15) is 48.0 Å². The molecule has 0 N–H and O–H groups in total. The molecule has 0 spiro atoms. The number of rotatable bonds is 6. The molecule has 0 rings (SSSR count). The maximum atomic E-state index is 12.2. The van der Waals surface area contributed by atoms with Crippen LogP contribution in [0.4, 0.5) is 0 Å². The van der Waals surface area contributed by atoms with E-state index < -0.39 is 5.41 Å². The number of esters is 1. The number of hydrogen-bond donors (Lipinski definition) is 0. The Kier molecular flexibility index (Phi) is 6.65. The largest absolute Gasteiger partial charge is 0.463 e. The highest BCUT2D eigenvalue weighted by Gasteiger charge is 2.45. The van der Waals surface area contributed by atoms with E-state index in [0.717, 1.165) is 6.42 Å². The molecule has 3 nitrogen and oxygen atoms in total. The second-order valence-electron chi connectivity index (χ2n) is 6.19. The summed E-state index contributed by atoms with van der Waals surface area (Å²) in [5.41, 5.74) is -0.571. The Morgan fingerprint density at radius 3 is 2.06 bits per heavy atom. The fourth-order valence-corrected chi connectivity index (χ4v) is 1.95. The summed E-state index contributed by atoms with van der Waals surface area (Å²) in [5, 5.41) is 0. The minimum Gasteiger partial charge on any atom is -0.463 e. The van der Waals surface area contributed by atoms with Crippen molar-refractivity contribution in [1.82, 2.24) is 0 Å². The van der Waals surface area contributed by atoms with Crippen molar-refractivity contribution >= 4 is 15.4 Å². The van der Waals surface area contributed by atoms with E-state index in [0.29, 0.717) is 19.1 Å². The highest BCUT2D eigenvalue weighted by atomic mass is 31.0. The van der Waals surface area contributed by atoms with Gasteiger partial charge >= 0.3 is 5.97 Å². The summed E-state index contributed by atoms with van der Waals surface area (Å²) >= 11 is 0. The van der Waals surface area contributed by atoms with Gasteiger partial charge in [0.2, 0.25) is 0 Å². The highest BCUT2D eigenvalue weighted by molar-refractivity contribution is 7.09. The van der Waals surface area contributed by atoms with Gasteiger partial charge in [-0.25, -0.2) is 0 Å². The van der Waals surface area contributed by atoms with Gasteiger partial charge in [0.05, 0.1) is 12.0 Å². The summed E-state index contributed by atoms with van der Waals surface area (Å²) in [6, 6.07) is 0. The third-order valence-electron chi connectivity index (χ3n) is 3.36. The van der Waals surface area contributed by atoms with Crippen LogP contribution < -0.4 is 0 Å². The Morgan fingerprint density at radius 2 is 1.71 bits per heavy atom. The van der Waals surface area contributed by atoms with Crippen LogP contribution >= 0.6 is 9.47 Å². The fraction of sp³-hybridized carbons (Fsp3) is 0.923. The Balaban J connectivity index is 4.74. The van der Waals surface area contributed by atoms with Crippen LogP contribution in [0.15, 0.2) is 0 Å². The predicted octanol–water partition coefficient (Wildman–Crippen LogP) is 3.43. The molecule has 17 heavy (non-hydrogen) atoms. The maximum Gasteiger partial charge on any atom is 0.312 e. The summed E-state index contributed by atoms with van der Waals surface area (Å²) < 4.78 is 10.1. The third kappa shape index (κ3) is 4.93. The molecule has 0 saturated carbocycles. The van der Waals surface area contributed by atoms with E-state index in [1.165, 1.54) is 0 Å². The molecule has 0 bridgehead atoms. The first-order valence-electron chi connectivity index (χ1n) is 6.14. The van der Waals surface area contributed by atoms with Crippen molar-refractivity contribution in [2.45, 2.75) is 48.0 Å². The van der Waals surface area contributed by atoms with E-state index in [-0.39, 0.29) is 11.4 Å². The van der Waals surface area contributed by atoms with Gasteiger partial charge in [-0.05, 0) is 24.7 Å².